The standard InChI is InChI=1S/C6H15NO2.C3H7NO/c1-3-8-6-5-7-9-4-2;1-2-5-3-4/h7H,3-6H2,1-2H3;2,4H2,1H3. The fourth-order valence-corrected chi connectivity index (χ4v) is 0.516. The summed E-state index contributed by atoms with van der Waals surface area (Å²) in [6, 6.07) is 0. The number of hydroxylamine groups is 1. The second kappa shape index (κ2) is 18.6. The lowest BCUT2D eigenvalue weighted by Crippen LogP contribution is -2.19. The van der Waals surface area contributed by atoms with Crippen LogP contribution in [0.1, 0.15) is 20.8 Å². The molecule has 0 saturated heterocycles. The van der Waals surface area contributed by atoms with E-state index in [1.54, 1.807) is 0 Å². The predicted molar refractivity (Wildman–Crippen MR) is 55.2 cm³/mol. The first-order chi connectivity index (χ1) is 6.83. The Kier molecular flexibility index (Phi) is 21.5. The molecule has 0 aromatic carbocycles. The van der Waals surface area contributed by atoms with E-state index in [4.69, 9.17) is 9.57 Å². The van der Waals surface area contributed by atoms with Crippen LogP contribution in [0.4, 0.5) is 0 Å². The normalized spacial score (nSPS) is 9.43. The third-order valence-corrected chi connectivity index (χ3v) is 1.03. The van der Waals surface area contributed by atoms with Gasteiger partial charge in [-0.15, -0.1) is 0 Å². The van der Waals surface area contributed by atoms with Crippen molar-refractivity contribution in [1.29, 1.82) is 0 Å². The van der Waals surface area contributed by atoms with Crippen molar-refractivity contribution in [3.05, 3.63) is 6.73 Å². The molecule has 5 nitrogen and oxygen atoms in total. The minimum Gasteiger partial charge on any atom is -0.380 e. The van der Waals surface area contributed by atoms with Crippen LogP contribution in [0.25, 0.3) is 0 Å². The summed E-state index contributed by atoms with van der Waals surface area (Å²) in [7, 11) is 0. The molecule has 0 rings (SSSR count). The first-order valence-electron chi connectivity index (χ1n) is 4.83. The number of hydrogen-bond donors (Lipinski definition) is 2. The molecule has 86 valence electrons. The molecular weight excluding hydrogens is 184 g/mol. The van der Waals surface area contributed by atoms with Crippen molar-refractivity contribution in [3.8, 4) is 0 Å². The van der Waals surface area contributed by atoms with E-state index in [1.165, 1.54) is 0 Å². The highest BCUT2D eigenvalue weighted by Gasteiger charge is 1.82. The molecule has 0 fully saturated rings. The monoisotopic (exact) mass is 206 g/mol. The zero-order chi connectivity index (χ0) is 11.1. The first-order valence-corrected chi connectivity index (χ1v) is 4.83. The Labute approximate surface area is 86.8 Å². The van der Waals surface area contributed by atoms with Crippen LogP contribution in [0.15, 0.2) is 0 Å². The highest BCUT2D eigenvalue weighted by Crippen LogP contribution is 1.70. The van der Waals surface area contributed by atoms with Crippen LogP contribution in [0.2, 0.25) is 0 Å². The van der Waals surface area contributed by atoms with Gasteiger partial charge in [0.2, 0.25) is 6.73 Å². The molecule has 2 radical (unpaired) electrons. The Hall–Kier alpha value is -0.200. The molecule has 14 heavy (non-hydrogen) atoms. The van der Waals surface area contributed by atoms with Crippen molar-refractivity contribution in [2.24, 2.45) is 5.73 Å². The molecule has 0 spiro atoms. The topological polar surface area (TPSA) is 65.7 Å². The van der Waals surface area contributed by atoms with Crippen LogP contribution >= 0.6 is 0 Å². The summed E-state index contributed by atoms with van der Waals surface area (Å²) in [4.78, 5) is 4.85. The summed E-state index contributed by atoms with van der Waals surface area (Å²) >= 11 is 0. The van der Waals surface area contributed by atoms with Gasteiger partial charge in [0.1, 0.15) is 0 Å². The Morgan fingerprint density at radius 1 is 1.14 bits per heavy atom. The van der Waals surface area contributed by atoms with Gasteiger partial charge >= 0.3 is 0 Å². The number of rotatable bonds is 8. The lowest BCUT2D eigenvalue weighted by Gasteiger charge is -2.02. The number of nitrogens with two attached hydrogens (primary N) is 1. The fraction of sp³-hybridized carbons (Fsp3) is 0.889. The van der Waals surface area contributed by atoms with E-state index in [9.17, 15) is 0 Å². The van der Waals surface area contributed by atoms with Gasteiger partial charge < -0.3 is 14.3 Å². The molecule has 0 aliphatic heterocycles. The SMILES string of the molecule is CCOCCNOCC.CCO[C]N. The van der Waals surface area contributed by atoms with Crippen LogP contribution in [0, 0.1) is 6.73 Å². The summed E-state index contributed by atoms with van der Waals surface area (Å²) in [5, 5.41) is 0. The van der Waals surface area contributed by atoms with Gasteiger partial charge in [-0.3, -0.25) is 5.73 Å². The average molecular weight is 206 g/mol. The molecule has 0 saturated carbocycles. The Morgan fingerprint density at radius 3 is 2.21 bits per heavy atom. The number of hydrogen-bond acceptors (Lipinski definition) is 5. The van der Waals surface area contributed by atoms with Crippen molar-refractivity contribution in [1.82, 2.24) is 5.48 Å². The van der Waals surface area contributed by atoms with E-state index >= 15 is 0 Å². The third-order valence-electron chi connectivity index (χ3n) is 1.03. The zero-order valence-corrected chi connectivity index (χ0v) is 9.34. The Balaban J connectivity index is 0. The maximum Gasteiger partial charge on any atom is 0.211 e. The molecule has 0 unspecified atom stereocenters. The summed E-state index contributed by atoms with van der Waals surface area (Å²) in [6.07, 6.45) is 0. The molecule has 0 atom stereocenters. The van der Waals surface area contributed by atoms with Gasteiger partial charge in [0.05, 0.1) is 13.2 Å². The summed E-state index contributed by atoms with van der Waals surface area (Å²) in [5.74, 6) is 0. The lowest BCUT2D eigenvalue weighted by atomic mass is 10.7. The van der Waals surface area contributed by atoms with Crippen molar-refractivity contribution >= 4 is 0 Å². The molecule has 5 heteroatoms. The predicted octanol–water partition coefficient (Wildman–Crippen LogP) is 0.542. The first kappa shape index (κ1) is 16.2. The van der Waals surface area contributed by atoms with Gasteiger partial charge in [-0.2, -0.15) is 0 Å². The van der Waals surface area contributed by atoms with Crippen molar-refractivity contribution in [2.45, 2.75) is 20.8 Å². The van der Waals surface area contributed by atoms with Crippen LogP contribution in [-0.4, -0.2) is 33.0 Å². The van der Waals surface area contributed by atoms with E-state index in [0.717, 1.165) is 19.8 Å². The van der Waals surface area contributed by atoms with E-state index in [1.807, 2.05) is 27.5 Å². The van der Waals surface area contributed by atoms with E-state index in [-0.39, 0.29) is 0 Å². The maximum absolute atomic E-state index is 5.04. The lowest BCUT2D eigenvalue weighted by molar-refractivity contribution is 0.0295. The van der Waals surface area contributed by atoms with Crippen LogP contribution in [-0.2, 0) is 14.3 Å². The van der Waals surface area contributed by atoms with E-state index in [2.05, 4.69) is 16.0 Å². The van der Waals surface area contributed by atoms with Crippen molar-refractivity contribution < 1.29 is 14.3 Å². The summed E-state index contributed by atoms with van der Waals surface area (Å²) in [5.41, 5.74) is 7.41. The summed E-state index contributed by atoms with van der Waals surface area (Å²) < 4.78 is 9.40. The second-order valence-corrected chi connectivity index (χ2v) is 2.08. The molecule has 0 aliphatic carbocycles. The van der Waals surface area contributed by atoms with Crippen molar-refractivity contribution in [3.63, 3.8) is 0 Å². The highest BCUT2D eigenvalue weighted by molar-refractivity contribution is 4.29. The zero-order valence-electron chi connectivity index (χ0n) is 9.34. The van der Waals surface area contributed by atoms with Crippen LogP contribution < -0.4 is 11.2 Å². The van der Waals surface area contributed by atoms with Gasteiger partial charge in [-0.25, -0.2) is 5.48 Å². The van der Waals surface area contributed by atoms with Gasteiger partial charge in [-0.1, -0.05) is 0 Å². The summed E-state index contributed by atoms with van der Waals surface area (Å²) in [6.45, 7) is 11.3. The minimum atomic E-state index is 0.608. The maximum atomic E-state index is 5.04. The molecule has 3 N–H and O–H groups in total. The van der Waals surface area contributed by atoms with Crippen LogP contribution in [0.3, 0.4) is 0 Å². The molecule has 0 aliphatic rings. The molecule has 0 heterocycles. The van der Waals surface area contributed by atoms with E-state index < -0.39 is 0 Å². The Bertz CT molecular complexity index is 76.5. The highest BCUT2D eigenvalue weighted by atomic mass is 16.6. The fourth-order valence-electron chi connectivity index (χ4n) is 0.516. The second-order valence-electron chi connectivity index (χ2n) is 2.08. The van der Waals surface area contributed by atoms with Gasteiger partial charge in [0.25, 0.3) is 0 Å². The third kappa shape index (κ3) is 22.6. The van der Waals surface area contributed by atoms with Gasteiger partial charge in [0.15, 0.2) is 0 Å². The molecular formula is C9H22N2O3. The molecule has 0 aromatic rings. The molecule has 0 amide bonds. The smallest absolute Gasteiger partial charge is 0.211 e. The van der Waals surface area contributed by atoms with Gasteiger partial charge in [-0.05, 0) is 20.8 Å². The molecule has 0 aromatic heterocycles. The number of ether oxygens (including phenoxy) is 2. The quantitative estimate of drug-likeness (QED) is 0.345. The number of nitrogens with one attached hydrogen (secondary N) is 1. The van der Waals surface area contributed by atoms with E-state index in [0.29, 0.717) is 13.2 Å². The largest absolute Gasteiger partial charge is 0.380 e. The van der Waals surface area contributed by atoms with Crippen LogP contribution in [0.5, 0.6) is 0 Å². The average Bonchev–Trinajstić information content (AvgIpc) is 2.20. The van der Waals surface area contributed by atoms with Gasteiger partial charge in [0, 0.05) is 19.8 Å². The molecule has 0 bridgehead atoms. The minimum absolute atomic E-state index is 0.608. The Morgan fingerprint density at radius 2 is 1.86 bits per heavy atom. The van der Waals surface area contributed by atoms with Crippen molar-refractivity contribution in [2.75, 3.05) is 33.0 Å².